The maximum atomic E-state index is 13.4. The summed E-state index contributed by atoms with van der Waals surface area (Å²) in [6.45, 7) is 7.83. The molecule has 0 bridgehead atoms. The molecule has 0 N–H and O–H groups in total. The Morgan fingerprint density at radius 3 is 2.60 bits per heavy atom. The van der Waals surface area contributed by atoms with E-state index in [-0.39, 0.29) is 11.5 Å². The van der Waals surface area contributed by atoms with Crippen LogP contribution in [0.25, 0.3) is 16.5 Å². The molecule has 35 heavy (non-hydrogen) atoms. The van der Waals surface area contributed by atoms with Crippen molar-refractivity contribution in [2.24, 2.45) is 12.0 Å². The second-order valence-electron chi connectivity index (χ2n) is 8.90. The topological polar surface area (TPSA) is 63.4 Å². The Kier molecular flexibility index (Phi) is 6.53. The molecule has 0 saturated carbocycles. The van der Waals surface area contributed by atoms with Crippen LogP contribution >= 0.6 is 0 Å². The van der Waals surface area contributed by atoms with Crippen molar-refractivity contribution in [2.45, 2.75) is 46.3 Å². The van der Waals surface area contributed by atoms with E-state index in [4.69, 9.17) is 4.99 Å². The monoisotopic (exact) mass is 483 g/mol. The molecule has 0 fully saturated rings. The molecule has 1 aliphatic rings. The molecule has 2 aromatic heterocycles. The van der Waals surface area contributed by atoms with Gasteiger partial charge < -0.3 is 9.47 Å². The highest BCUT2D eigenvalue weighted by molar-refractivity contribution is 5.82. The van der Waals surface area contributed by atoms with Gasteiger partial charge in [0.1, 0.15) is 5.82 Å². The van der Waals surface area contributed by atoms with E-state index < -0.39 is 17.8 Å². The van der Waals surface area contributed by atoms with E-state index in [2.05, 4.69) is 9.97 Å². The highest BCUT2D eigenvalue weighted by Crippen LogP contribution is 2.35. The van der Waals surface area contributed by atoms with E-state index in [1.165, 1.54) is 13.0 Å². The number of benzene rings is 1. The first-order chi connectivity index (χ1) is 16.5. The molecule has 0 aliphatic carbocycles. The highest BCUT2D eigenvalue weighted by atomic mass is 19.4. The first kappa shape index (κ1) is 24.6. The minimum absolute atomic E-state index is 0.0402. The number of hydrogen-bond donors (Lipinski definition) is 0. The minimum atomic E-state index is -4.42. The summed E-state index contributed by atoms with van der Waals surface area (Å²) in [6.07, 6.45) is 0.0484. The number of hydrogen-bond acceptors (Lipinski definition) is 4. The summed E-state index contributed by atoms with van der Waals surface area (Å²) < 4.78 is 42.2. The fourth-order valence-electron chi connectivity index (χ4n) is 4.49. The first-order valence-electron chi connectivity index (χ1n) is 11.5. The second kappa shape index (κ2) is 9.28. The summed E-state index contributed by atoms with van der Waals surface area (Å²) in [6, 6.07) is 5.59. The van der Waals surface area contributed by atoms with Crippen LogP contribution in [-0.4, -0.2) is 38.4 Å². The third-order valence-corrected chi connectivity index (χ3v) is 6.67. The molecule has 1 amide bonds. The van der Waals surface area contributed by atoms with Gasteiger partial charge >= 0.3 is 6.18 Å². The predicted molar refractivity (Wildman–Crippen MR) is 128 cm³/mol. The Morgan fingerprint density at radius 1 is 1.23 bits per heavy atom. The SMILES string of the molecule is CC(=O)N1CC=C(c2cc3c(=N[C@H](C)c4cccc(C(F)(F)F)c4C)nc(C)n(C)c3cn2)CC1. The molecule has 9 heteroatoms. The van der Waals surface area contributed by atoms with Crippen LogP contribution in [0.3, 0.4) is 0 Å². The van der Waals surface area contributed by atoms with Crippen LogP contribution in [0.1, 0.15) is 54.5 Å². The third-order valence-electron chi connectivity index (χ3n) is 6.67. The predicted octanol–water partition coefficient (Wildman–Crippen LogP) is 4.90. The number of nitrogens with zero attached hydrogens (tertiary/aromatic N) is 5. The Hall–Kier alpha value is -3.49. The summed E-state index contributed by atoms with van der Waals surface area (Å²) in [5.41, 5.74) is 3.14. The van der Waals surface area contributed by atoms with Gasteiger partial charge in [0.25, 0.3) is 0 Å². The average molecular weight is 484 g/mol. The summed E-state index contributed by atoms with van der Waals surface area (Å²) >= 11 is 0. The van der Waals surface area contributed by atoms with Crippen LogP contribution < -0.4 is 5.49 Å². The van der Waals surface area contributed by atoms with E-state index in [0.717, 1.165) is 28.2 Å². The van der Waals surface area contributed by atoms with Gasteiger partial charge in [0.05, 0.1) is 29.0 Å². The molecule has 4 rings (SSSR count). The van der Waals surface area contributed by atoms with Gasteiger partial charge in [-0.1, -0.05) is 18.2 Å². The maximum Gasteiger partial charge on any atom is 0.416 e. The van der Waals surface area contributed by atoms with Gasteiger partial charge in [0, 0.05) is 32.4 Å². The number of rotatable bonds is 3. The number of pyridine rings is 1. The van der Waals surface area contributed by atoms with Crippen molar-refractivity contribution in [3.05, 3.63) is 70.2 Å². The van der Waals surface area contributed by atoms with Gasteiger partial charge in [-0.05, 0) is 56.0 Å². The molecular weight excluding hydrogens is 455 g/mol. The second-order valence-corrected chi connectivity index (χ2v) is 8.90. The van der Waals surface area contributed by atoms with Gasteiger partial charge in [-0.25, -0.2) is 4.98 Å². The van der Waals surface area contributed by atoms with Crippen molar-refractivity contribution >= 4 is 22.4 Å². The molecule has 3 aromatic rings. The van der Waals surface area contributed by atoms with Crippen molar-refractivity contribution in [1.29, 1.82) is 0 Å². The largest absolute Gasteiger partial charge is 0.416 e. The van der Waals surface area contributed by atoms with Gasteiger partial charge in [-0.15, -0.1) is 0 Å². The lowest BCUT2D eigenvalue weighted by molar-refractivity contribution is -0.138. The number of carbonyl (C=O) groups excluding carboxylic acids is 1. The van der Waals surface area contributed by atoms with Crippen molar-refractivity contribution < 1.29 is 18.0 Å². The smallest absolute Gasteiger partial charge is 0.339 e. The van der Waals surface area contributed by atoms with Crippen molar-refractivity contribution in [2.75, 3.05) is 13.1 Å². The van der Waals surface area contributed by atoms with Crippen molar-refractivity contribution in [3.8, 4) is 0 Å². The van der Waals surface area contributed by atoms with E-state index in [1.54, 1.807) is 31.0 Å². The fourth-order valence-corrected chi connectivity index (χ4v) is 4.49. The summed E-state index contributed by atoms with van der Waals surface area (Å²) in [5.74, 6) is 0.756. The Balaban J connectivity index is 1.83. The Bertz CT molecular complexity index is 1400. The lowest BCUT2D eigenvalue weighted by Crippen LogP contribution is -2.32. The molecular formula is C26H28F3N5O. The summed E-state index contributed by atoms with van der Waals surface area (Å²) in [5, 5.41) is 0.773. The van der Waals surface area contributed by atoms with E-state index in [9.17, 15) is 18.0 Å². The molecule has 6 nitrogen and oxygen atoms in total. The van der Waals surface area contributed by atoms with Crippen LogP contribution in [0, 0.1) is 13.8 Å². The lowest BCUT2D eigenvalue weighted by atomic mass is 9.97. The van der Waals surface area contributed by atoms with Crippen LogP contribution in [0.4, 0.5) is 13.2 Å². The quantitative estimate of drug-likeness (QED) is 0.532. The number of alkyl halides is 3. The Labute approximate surface area is 201 Å². The zero-order valence-electron chi connectivity index (χ0n) is 20.4. The number of aromatic nitrogens is 3. The summed E-state index contributed by atoms with van der Waals surface area (Å²) in [4.78, 5) is 27.5. The van der Waals surface area contributed by atoms with E-state index >= 15 is 0 Å². The van der Waals surface area contributed by atoms with Crippen LogP contribution in [0.5, 0.6) is 0 Å². The van der Waals surface area contributed by atoms with Crippen LogP contribution in [-0.2, 0) is 18.0 Å². The zero-order valence-corrected chi connectivity index (χ0v) is 20.4. The molecule has 1 atom stereocenters. The number of fused-ring (bicyclic) bond motifs is 1. The fraction of sp³-hybridized carbons (Fsp3) is 0.385. The molecule has 0 radical (unpaired) electrons. The molecule has 0 saturated heterocycles. The molecule has 3 heterocycles. The van der Waals surface area contributed by atoms with E-state index in [0.29, 0.717) is 36.4 Å². The van der Waals surface area contributed by atoms with Gasteiger partial charge in [0.15, 0.2) is 5.49 Å². The van der Waals surface area contributed by atoms with E-state index in [1.807, 2.05) is 30.7 Å². The zero-order chi connectivity index (χ0) is 25.5. The van der Waals surface area contributed by atoms with Crippen LogP contribution in [0.15, 0.2) is 41.5 Å². The third kappa shape index (κ3) is 4.85. The van der Waals surface area contributed by atoms with Gasteiger partial charge in [0.2, 0.25) is 5.91 Å². The summed E-state index contributed by atoms with van der Waals surface area (Å²) in [7, 11) is 1.89. The minimum Gasteiger partial charge on any atom is -0.339 e. The molecule has 1 aromatic carbocycles. The molecule has 0 unspecified atom stereocenters. The standard InChI is InChI=1S/C26H28F3N5O/c1-15-20(7-6-8-22(15)26(27,28)29)16(2)31-25-21-13-23(19-9-11-34(12-10-19)18(4)35)30-14-24(21)33(5)17(3)32-25/h6-9,13-14,16H,10-12H2,1-5H3/t16-/m1/s1. The number of carbonyl (C=O) groups is 1. The molecule has 184 valence electrons. The number of halogens is 3. The highest BCUT2D eigenvalue weighted by Gasteiger charge is 2.33. The Morgan fingerprint density at radius 2 is 1.97 bits per heavy atom. The molecule has 0 spiro atoms. The lowest BCUT2D eigenvalue weighted by Gasteiger charge is -2.25. The molecule has 1 aliphatic heterocycles. The maximum absolute atomic E-state index is 13.4. The number of amides is 1. The van der Waals surface area contributed by atoms with Gasteiger partial charge in [-0.3, -0.25) is 14.8 Å². The van der Waals surface area contributed by atoms with Crippen molar-refractivity contribution in [3.63, 3.8) is 0 Å². The normalized spacial score (nSPS) is 15.9. The first-order valence-corrected chi connectivity index (χ1v) is 11.5. The van der Waals surface area contributed by atoms with Gasteiger partial charge in [-0.2, -0.15) is 13.2 Å². The van der Waals surface area contributed by atoms with Crippen molar-refractivity contribution in [1.82, 2.24) is 19.4 Å². The average Bonchev–Trinajstić information content (AvgIpc) is 2.81. The number of aryl methyl sites for hydroxylation is 2. The van der Waals surface area contributed by atoms with Crippen LogP contribution in [0.2, 0.25) is 0 Å².